The first-order valence-electron chi connectivity index (χ1n) is 3.86. The van der Waals surface area contributed by atoms with Crippen molar-refractivity contribution in [2.75, 3.05) is 0 Å². The SMILES string of the molecule is O=[N+]([O-])c1cc(P(=O)(O)O)cc([N+](=O)[O-])c1O. The molecule has 0 radical (unpaired) electrons. The highest BCUT2D eigenvalue weighted by molar-refractivity contribution is 7.60. The summed E-state index contributed by atoms with van der Waals surface area (Å²) in [6.07, 6.45) is 0. The average Bonchev–Trinajstić information content (AvgIpc) is 2.14. The van der Waals surface area contributed by atoms with E-state index in [2.05, 4.69) is 0 Å². The Balaban J connectivity index is 3.65. The number of rotatable bonds is 3. The third-order valence-electron chi connectivity index (χ3n) is 1.78. The van der Waals surface area contributed by atoms with Crippen molar-refractivity contribution in [2.24, 2.45) is 0 Å². The van der Waals surface area contributed by atoms with Gasteiger partial charge in [0.15, 0.2) is 0 Å². The van der Waals surface area contributed by atoms with Gasteiger partial charge in [-0.3, -0.25) is 24.8 Å². The van der Waals surface area contributed by atoms with Gasteiger partial charge in [-0.25, -0.2) is 0 Å². The van der Waals surface area contributed by atoms with E-state index in [1.54, 1.807) is 0 Å². The molecule has 0 saturated carbocycles. The van der Waals surface area contributed by atoms with E-state index in [4.69, 9.17) is 9.79 Å². The van der Waals surface area contributed by atoms with E-state index in [-0.39, 0.29) is 0 Å². The molecule has 1 aromatic rings. The Hall–Kier alpha value is -2.03. The fraction of sp³-hybridized carbons (Fsp3) is 0. The fourth-order valence-electron chi connectivity index (χ4n) is 1.04. The minimum atomic E-state index is -4.89. The predicted molar refractivity (Wildman–Crippen MR) is 53.1 cm³/mol. The van der Waals surface area contributed by atoms with Crippen LogP contribution in [0.2, 0.25) is 0 Å². The molecule has 0 spiro atoms. The first-order chi connectivity index (χ1) is 7.64. The maximum atomic E-state index is 10.9. The maximum Gasteiger partial charge on any atom is 0.356 e. The predicted octanol–water partition coefficient (Wildman–Crippen LogP) is 0.0116. The van der Waals surface area contributed by atoms with Crippen LogP contribution >= 0.6 is 7.60 Å². The van der Waals surface area contributed by atoms with Crippen molar-refractivity contribution in [1.82, 2.24) is 0 Å². The molecule has 10 nitrogen and oxygen atoms in total. The highest BCUT2D eigenvalue weighted by Gasteiger charge is 2.31. The Morgan fingerprint density at radius 3 is 1.65 bits per heavy atom. The summed E-state index contributed by atoms with van der Waals surface area (Å²) in [5.41, 5.74) is -2.28. The van der Waals surface area contributed by atoms with Gasteiger partial charge in [-0.05, 0) is 0 Å². The van der Waals surface area contributed by atoms with Gasteiger partial charge in [0.2, 0.25) is 0 Å². The van der Waals surface area contributed by atoms with E-state index in [9.17, 15) is 29.9 Å². The second-order valence-corrected chi connectivity index (χ2v) is 4.50. The largest absolute Gasteiger partial charge is 0.497 e. The lowest BCUT2D eigenvalue weighted by Crippen LogP contribution is -2.07. The van der Waals surface area contributed by atoms with Crippen LogP contribution in [-0.2, 0) is 4.57 Å². The standard InChI is InChI=1S/C6H5N2O8P/c9-6-4(7(10)11)1-3(17(14,15)16)2-5(6)8(12)13/h1-2,9H,(H2,14,15,16). The number of hydrogen-bond donors (Lipinski definition) is 3. The highest BCUT2D eigenvalue weighted by Crippen LogP contribution is 2.41. The van der Waals surface area contributed by atoms with Crippen molar-refractivity contribution < 1.29 is 29.3 Å². The van der Waals surface area contributed by atoms with E-state index in [1.807, 2.05) is 0 Å². The lowest BCUT2D eigenvalue weighted by Gasteiger charge is -2.04. The van der Waals surface area contributed by atoms with Crippen LogP contribution in [0, 0.1) is 20.2 Å². The summed E-state index contributed by atoms with van der Waals surface area (Å²) < 4.78 is 10.9. The smallest absolute Gasteiger partial charge is 0.356 e. The van der Waals surface area contributed by atoms with Crippen molar-refractivity contribution in [1.29, 1.82) is 0 Å². The number of phenols is 1. The van der Waals surface area contributed by atoms with Crippen LogP contribution < -0.4 is 5.30 Å². The van der Waals surface area contributed by atoms with Crippen LogP contribution in [0.15, 0.2) is 12.1 Å². The molecule has 0 aromatic heterocycles. The average molecular weight is 264 g/mol. The second kappa shape index (κ2) is 4.09. The Morgan fingerprint density at radius 2 is 1.41 bits per heavy atom. The Morgan fingerprint density at radius 1 is 1.06 bits per heavy atom. The zero-order valence-electron chi connectivity index (χ0n) is 7.88. The van der Waals surface area contributed by atoms with Crippen LogP contribution in [-0.4, -0.2) is 24.7 Å². The molecule has 92 valence electrons. The molecule has 0 atom stereocenters. The summed E-state index contributed by atoms with van der Waals surface area (Å²) >= 11 is 0. The zero-order chi connectivity index (χ0) is 13.4. The van der Waals surface area contributed by atoms with Gasteiger partial charge in [-0.15, -0.1) is 0 Å². The number of nitrogens with zero attached hydrogens (tertiary/aromatic N) is 2. The van der Waals surface area contributed by atoms with Gasteiger partial charge in [0.25, 0.3) is 5.75 Å². The quantitative estimate of drug-likeness (QED) is 0.390. The molecule has 0 bridgehead atoms. The molecule has 0 heterocycles. The molecule has 0 fully saturated rings. The normalized spacial score (nSPS) is 11.2. The van der Waals surface area contributed by atoms with E-state index < -0.39 is 39.9 Å². The minimum Gasteiger partial charge on any atom is -0.497 e. The highest BCUT2D eigenvalue weighted by atomic mass is 31.2. The topological polar surface area (TPSA) is 164 Å². The fourth-order valence-corrected chi connectivity index (χ4v) is 1.62. The van der Waals surface area contributed by atoms with Gasteiger partial charge in [-0.1, -0.05) is 0 Å². The summed E-state index contributed by atoms with van der Waals surface area (Å²) in [7, 11) is -4.89. The number of aromatic hydroxyl groups is 1. The third kappa shape index (κ3) is 2.56. The third-order valence-corrected chi connectivity index (χ3v) is 2.72. The Kier molecular flexibility index (Phi) is 3.14. The summed E-state index contributed by atoms with van der Waals surface area (Å²) in [6.45, 7) is 0. The molecule has 0 aliphatic heterocycles. The number of benzene rings is 1. The molecular weight excluding hydrogens is 259 g/mol. The molecule has 1 rings (SSSR count). The molecular formula is C6H5N2O8P. The molecule has 0 amide bonds. The summed E-state index contributed by atoms with van der Waals surface area (Å²) in [6, 6.07) is 0.784. The van der Waals surface area contributed by atoms with E-state index in [0.717, 1.165) is 0 Å². The van der Waals surface area contributed by atoms with Gasteiger partial charge in [-0.2, -0.15) is 0 Å². The second-order valence-electron chi connectivity index (χ2n) is 2.89. The van der Waals surface area contributed by atoms with E-state index in [1.165, 1.54) is 0 Å². The molecule has 3 N–H and O–H groups in total. The first-order valence-corrected chi connectivity index (χ1v) is 5.47. The molecule has 1 aromatic carbocycles. The number of nitro benzene ring substituents is 2. The lowest BCUT2D eigenvalue weighted by atomic mass is 10.2. The molecule has 11 heteroatoms. The Bertz CT molecular complexity index is 514. The lowest BCUT2D eigenvalue weighted by molar-refractivity contribution is -0.395. The van der Waals surface area contributed by atoms with Gasteiger partial charge in [0.1, 0.15) is 0 Å². The molecule has 0 unspecified atom stereocenters. The van der Waals surface area contributed by atoms with Crippen LogP contribution in [0.25, 0.3) is 0 Å². The summed E-state index contributed by atoms with van der Waals surface area (Å²) in [5, 5.41) is 29.2. The van der Waals surface area contributed by atoms with Gasteiger partial charge >= 0.3 is 19.0 Å². The van der Waals surface area contributed by atoms with Crippen LogP contribution in [0.5, 0.6) is 5.75 Å². The molecule has 0 saturated heterocycles. The summed E-state index contributed by atoms with van der Waals surface area (Å²) in [4.78, 5) is 36.1. The van der Waals surface area contributed by atoms with Crippen molar-refractivity contribution in [3.63, 3.8) is 0 Å². The van der Waals surface area contributed by atoms with Crippen LogP contribution in [0.4, 0.5) is 11.4 Å². The zero-order valence-corrected chi connectivity index (χ0v) is 8.77. The van der Waals surface area contributed by atoms with Crippen LogP contribution in [0.3, 0.4) is 0 Å². The van der Waals surface area contributed by atoms with E-state index >= 15 is 0 Å². The van der Waals surface area contributed by atoms with E-state index in [0.29, 0.717) is 12.1 Å². The number of hydrogen-bond acceptors (Lipinski definition) is 6. The minimum absolute atomic E-state index is 0.392. The number of phenolic OH excluding ortho intramolecular Hbond substituents is 1. The van der Waals surface area contributed by atoms with Gasteiger partial charge in [0.05, 0.1) is 15.2 Å². The number of nitro groups is 2. The van der Waals surface area contributed by atoms with Crippen molar-refractivity contribution in [2.45, 2.75) is 0 Å². The Labute approximate surface area is 92.6 Å². The van der Waals surface area contributed by atoms with Crippen molar-refractivity contribution in [3.05, 3.63) is 32.4 Å². The van der Waals surface area contributed by atoms with Crippen LogP contribution in [0.1, 0.15) is 0 Å². The van der Waals surface area contributed by atoms with Gasteiger partial charge < -0.3 is 14.9 Å². The van der Waals surface area contributed by atoms with Gasteiger partial charge in [0, 0.05) is 12.1 Å². The molecule has 0 aliphatic rings. The summed E-state index contributed by atoms with van der Waals surface area (Å²) in [5.74, 6) is -1.25. The monoisotopic (exact) mass is 264 g/mol. The molecule has 0 aliphatic carbocycles. The first kappa shape index (κ1) is 13.0. The van der Waals surface area contributed by atoms with Crippen molar-refractivity contribution >= 4 is 24.3 Å². The maximum absolute atomic E-state index is 10.9. The molecule has 17 heavy (non-hydrogen) atoms. The van der Waals surface area contributed by atoms with Crippen molar-refractivity contribution in [3.8, 4) is 5.75 Å².